The molecule has 14 heavy (non-hydrogen) atoms. The Balaban J connectivity index is 2.32. The second-order valence-corrected chi connectivity index (χ2v) is 4.20. The van der Waals surface area contributed by atoms with E-state index in [1.807, 2.05) is 31.4 Å². The number of hydrogen-bond donors (Lipinski definition) is 1. The van der Waals surface area contributed by atoms with Gasteiger partial charge in [-0.3, -0.25) is 0 Å². The molecule has 0 spiro atoms. The van der Waals surface area contributed by atoms with Crippen LogP contribution in [0.25, 0.3) is 0 Å². The maximum atomic E-state index is 6.06. The van der Waals surface area contributed by atoms with Crippen LogP contribution in [-0.2, 0) is 0 Å². The number of furan rings is 1. The van der Waals surface area contributed by atoms with Crippen molar-refractivity contribution in [3.63, 3.8) is 0 Å². The molecule has 1 atom stereocenters. The maximum absolute atomic E-state index is 6.06. The third-order valence-electron chi connectivity index (χ3n) is 2.39. The lowest BCUT2D eigenvalue weighted by molar-refractivity contribution is 0.465. The molecule has 2 aromatic rings. The molecule has 2 aromatic heterocycles. The van der Waals surface area contributed by atoms with Gasteiger partial charge in [-0.2, -0.15) is 11.3 Å². The van der Waals surface area contributed by atoms with Crippen LogP contribution < -0.4 is 5.73 Å². The van der Waals surface area contributed by atoms with Crippen LogP contribution >= 0.6 is 11.3 Å². The van der Waals surface area contributed by atoms with Gasteiger partial charge in [0, 0.05) is 0 Å². The van der Waals surface area contributed by atoms with Crippen LogP contribution in [0.2, 0.25) is 0 Å². The third kappa shape index (κ3) is 1.61. The lowest BCUT2D eigenvalue weighted by atomic mass is 10.1. The molecule has 74 valence electrons. The van der Waals surface area contributed by atoms with E-state index in [0.717, 1.165) is 22.6 Å². The van der Waals surface area contributed by atoms with Crippen LogP contribution in [0.4, 0.5) is 0 Å². The highest BCUT2D eigenvalue weighted by molar-refractivity contribution is 7.07. The Labute approximate surface area is 87.4 Å². The molecular formula is C11H13NOS. The summed E-state index contributed by atoms with van der Waals surface area (Å²) in [5.74, 6) is 1.80. The maximum Gasteiger partial charge on any atom is 0.125 e. The van der Waals surface area contributed by atoms with Crippen LogP contribution in [0.1, 0.15) is 28.7 Å². The van der Waals surface area contributed by atoms with Crippen molar-refractivity contribution in [3.05, 3.63) is 45.5 Å². The molecule has 2 rings (SSSR count). The molecule has 0 aliphatic rings. The number of thiophene rings is 1. The molecule has 0 radical (unpaired) electrons. The van der Waals surface area contributed by atoms with E-state index in [4.69, 9.17) is 10.2 Å². The van der Waals surface area contributed by atoms with E-state index in [2.05, 4.69) is 5.38 Å². The quantitative estimate of drug-likeness (QED) is 0.822. The molecule has 0 bridgehead atoms. The summed E-state index contributed by atoms with van der Waals surface area (Å²) in [6, 6.07) is 3.91. The van der Waals surface area contributed by atoms with Crippen LogP contribution in [-0.4, -0.2) is 0 Å². The second-order valence-electron chi connectivity index (χ2n) is 3.42. The fourth-order valence-electron chi connectivity index (χ4n) is 1.37. The molecule has 0 aliphatic heterocycles. The zero-order valence-electron chi connectivity index (χ0n) is 8.28. The molecule has 0 saturated carbocycles. The minimum Gasteiger partial charge on any atom is -0.464 e. The van der Waals surface area contributed by atoms with Crippen molar-refractivity contribution in [2.75, 3.05) is 0 Å². The molecule has 2 nitrogen and oxygen atoms in total. The first kappa shape index (κ1) is 9.49. The second kappa shape index (κ2) is 3.59. The van der Waals surface area contributed by atoms with Crippen molar-refractivity contribution in [1.82, 2.24) is 0 Å². The number of hydrogen-bond acceptors (Lipinski definition) is 3. The van der Waals surface area contributed by atoms with Crippen molar-refractivity contribution >= 4 is 11.3 Å². The van der Waals surface area contributed by atoms with Crippen LogP contribution in [0.3, 0.4) is 0 Å². The Kier molecular flexibility index (Phi) is 2.44. The van der Waals surface area contributed by atoms with Gasteiger partial charge >= 0.3 is 0 Å². The van der Waals surface area contributed by atoms with Crippen molar-refractivity contribution in [2.24, 2.45) is 5.73 Å². The fraction of sp³-hybridized carbons (Fsp3) is 0.273. The average Bonchev–Trinajstić information content (AvgIpc) is 2.76. The van der Waals surface area contributed by atoms with E-state index in [1.165, 1.54) is 0 Å². The van der Waals surface area contributed by atoms with Crippen molar-refractivity contribution in [3.8, 4) is 0 Å². The Morgan fingerprint density at radius 2 is 2.21 bits per heavy atom. The smallest absolute Gasteiger partial charge is 0.125 e. The number of rotatable bonds is 2. The summed E-state index contributed by atoms with van der Waals surface area (Å²) in [6.45, 7) is 3.99. The van der Waals surface area contributed by atoms with Crippen molar-refractivity contribution in [2.45, 2.75) is 19.9 Å². The Bertz CT molecular complexity index is 397. The van der Waals surface area contributed by atoms with Gasteiger partial charge in [0.25, 0.3) is 0 Å². The Morgan fingerprint density at radius 3 is 2.71 bits per heavy atom. The summed E-state index contributed by atoms with van der Waals surface area (Å²) in [6.07, 6.45) is 0. The normalized spacial score (nSPS) is 13.1. The largest absolute Gasteiger partial charge is 0.464 e. The highest BCUT2D eigenvalue weighted by Gasteiger charge is 2.14. The first-order valence-electron chi connectivity index (χ1n) is 4.53. The molecule has 0 aromatic carbocycles. The van der Waals surface area contributed by atoms with E-state index in [0.29, 0.717) is 0 Å². The predicted molar refractivity (Wildman–Crippen MR) is 58.5 cm³/mol. The number of nitrogens with two attached hydrogens (primary N) is 1. The van der Waals surface area contributed by atoms with Gasteiger partial charge in [-0.05, 0) is 47.9 Å². The number of aryl methyl sites for hydroxylation is 2. The summed E-state index contributed by atoms with van der Waals surface area (Å²) >= 11 is 1.65. The summed E-state index contributed by atoms with van der Waals surface area (Å²) in [5.41, 5.74) is 8.33. The molecule has 0 fully saturated rings. The summed E-state index contributed by atoms with van der Waals surface area (Å²) < 4.78 is 5.58. The highest BCUT2D eigenvalue weighted by Crippen LogP contribution is 2.25. The van der Waals surface area contributed by atoms with E-state index in [-0.39, 0.29) is 6.04 Å². The molecule has 2 N–H and O–H groups in total. The van der Waals surface area contributed by atoms with Gasteiger partial charge in [0.05, 0.1) is 6.04 Å². The van der Waals surface area contributed by atoms with Crippen LogP contribution in [0, 0.1) is 13.8 Å². The van der Waals surface area contributed by atoms with Gasteiger partial charge in [-0.25, -0.2) is 0 Å². The summed E-state index contributed by atoms with van der Waals surface area (Å²) in [5, 5.41) is 4.08. The lowest BCUT2D eigenvalue weighted by Crippen LogP contribution is -2.09. The Morgan fingerprint density at radius 1 is 1.43 bits per heavy atom. The highest BCUT2D eigenvalue weighted by atomic mass is 32.1. The minimum atomic E-state index is -0.131. The monoisotopic (exact) mass is 207 g/mol. The first-order chi connectivity index (χ1) is 6.68. The zero-order valence-corrected chi connectivity index (χ0v) is 9.10. The van der Waals surface area contributed by atoms with Crippen LogP contribution in [0.5, 0.6) is 0 Å². The Hall–Kier alpha value is -1.06. The molecule has 0 saturated heterocycles. The third-order valence-corrected chi connectivity index (χ3v) is 3.10. The average molecular weight is 207 g/mol. The molecule has 0 unspecified atom stereocenters. The van der Waals surface area contributed by atoms with E-state index in [9.17, 15) is 0 Å². The van der Waals surface area contributed by atoms with Gasteiger partial charge in [0.15, 0.2) is 0 Å². The molecule has 0 aliphatic carbocycles. The zero-order chi connectivity index (χ0) is 10.1. The van der Waals surface area contributed by atoms with E-state index >= 15 is 0 Å². The van der Waals surface area contributed by atoms with E-state index in [1.54, 1.807) is 11.3 Å². The summed E-state index contributed by atoms with van der Waals surface area (Å²) in [4.78, 5) is 0. The molecule has 2 heterocycles. The molecular weight excluding hydrogens is 194 g/mol. The van der Waals surface area contributed by atoms with Crippen molar-refractivity contribution in [1.29, 1.82) is 0 Å². The lowest BCUT2D eigenvalue weighted by Gasteiger charge is -2.05. The van der Waals surface area contributed by atoms with Gasteiger partial charge in [0.1, 0.15) is 11.5 Å². The standard InChI is InChI=1S/C11H13NOS/c1-7-5-10(13-8(7)2)11(12)9-3-4-14-6-9/h3-6,11H,12H2,1-2H3/t11-/m1/s1. The fourth-order valence-corrected chi connectivity index (χ4v) is 2.07. The van der Waals surface area contributed by atoms with Gasteiger partial charge in [-0.1, -0.05) is 0 Å². The van der Waals surface area contributed by atoms with E-state index < -0.39 is 0 Å². The topological polar surface area (TPSA) is 39.2 Å². The van der Waals surface area contributed by atoms with Crippen LogP contribution in [0.15, 0.2) is 27.3 Å². The molecule has 0 amide bonds. The minimum absolute atomic E-state index is 0.131. The first-order valence-corrected chi connectivity index (χ1v) is 5.47. The van der Waals surface area contributed by atoms with Gasteiger partial charge < -0.3 is 10.2 Å². The SMILES string of the molecule is Cc1cc([C@H](N)c2ccsc2)oc1C. The van der Waals surface area contributed by atoms with Gasteiger partial charge in [0.2, 0.25) is 0 Å². The molecule has 3 heteroatoms. The van der Waals surface area contributed by atoms with Crippen molar-refractivity contribution < 1.29 is 4.42 Å². The predicted octanol–water partition coefficient (Wildman–Crippen LogP) is 3.01. The summed E-state index contributed by atoms with van der Waals surface area (Å²) in [7, 11) is 0. The van der Waals surface area contributed by atoms with Gasteiger partial charge in [-0.15, -0.1) is 0 Å².